The summed E-state index contributed by atoms with van der Waals surface area (Å²) in [4.78, 5) is 19.1. The van der Waals surface area contributed by atoms with Gasteiger partial charge in [-0.3, -0.25) is 4.79 Å². The summed E-state index contributed by atoms with van der Waals surface area (Å²) >= 11 is 1.74. The predicted octanol–water partition coefficient (Wildman–Crippen LogP) is 1.45. The summed E-state index contributed by atoms with van der Waals surface area (Å²) in [6.07, 6.45) is 2.39. The van der Waals surface area contributed by atoms with Gasteiger partial charge in [-0.25, -0.2) is 4.99 Å². The quantitative estimate of drug-likeness (QED) is 0.311. The van der Waals surface area contributed by atoms with Crippen LogP contribution in [-0.4, -0.2) is 82.2 Å². The zero-order valence-electron chi connectivity index (χ0n) is 17.0. The molecule has 2 fully saturated rings. The fourth-order valence-electron chi connectivity index (χ4n) is 3.09. The molecule has 1 spiro atoms. The Morgan fingerprint density at radius 3 is 2.83 bits per heavy atom. The Labute approximate surface area is 193 Å². The number of likely N-dealkylation sites (N-methyl/N-ethyl adjacent to an activating group) is 1. The first-order chi connectivity index (χ1) is 13.6. The monoisotopic (exact) mass is 538 g/mol. The SMILES string of the molecule is CN(C)C(=O)CN=C(NCCc1cccs1)NCC1COC2(CCOCC2)O1.I. The van der Waals surface area contributed by atoms with E-state index >= 15 is 0 Å². The molecule has 2 saturated heterocycles. The number of carbonyl (C=O) groups is 1. The average Bonchev–Trinajstić information content (AvgIpc) is 3.34. The molecule has 0 saturated carbocycles. The molecule has 8 nitrogen and oxygen atoms in total. The number of carbonyl (C=O) groups excluding carboxylic acids is 1. The first kappa shape index (κ1) is 24.3. The lowest BCUT2D eigenvalue weighted by Gasteiger charge is -2.31. The number of guanidine groups is 1. The van der Waals surface area contributed by atoms with Crippen molar-refractivity contribution in [3.05, 3.63) is 22.4 Å². The maximum absolute atomic E-state index is 11.9. The lowest BCUT2D eigenvalue weighted by molar-refractivity contribution is -0.210. The number of nitrogens with zero attached hydrogens (tertiary/aromatic N) is 2. The van der Waals surface area contributed by atoms with Crippen LogP contribution < -0.4 is 10.6 Å². The second kappa shape index (κ2) is 12.0. The van der Waals surface area contributed by atoms with E-state index in [1.165, 1.54) is 9.78 Å². The van der Waals surface area contributed by atoms with Crippen molar-refractivity contribution in [3.63, 3.8) is 0 Å². The Morgan fingerprint density at radius 1 is 1.34 bits per heavy atom. The zero-order chi connectivity index (χ0) is 19.8. The van der Waals surface area contributed by atoms with Gasteiger partial charge >= 0.3 is 0 Å². The third kappa shape index (κ3) is 7.67. The lowest BCUT2D eigenvalue weighted by atomic mass is 10.1. The van der Waals surface area contributed by atoms with Gasteiger partial charge in [-0.1, -0.05) is 6.07 Å². The summed E-state index contributed by atoms with van der Waals surface area (Å²) in [6.45, 7) is 3.31. The van der Waals surface area contributed by atoms with Gasteiger partial charge in [0.15, 0.2) is 11.7 Å². The molecule has 3 rings (SSSR count). The van der Waals surface area contributed by atoms with Crippen molar-refractivity contribution in [2.45, 2.75) is 31.2 Å². The third-order valence-corrected chi connectivity index (χ3v) is 5.72. The molecule has 1 atom stereocenters. The number of amides is 1. The van der Waals surface area contributed by atoms with Crippen LogP contribution in [0.25, 0.3) is 0 Å². The number of halogens is 1. The van der Waals surface area contributed by atoms with Crippen molar-refractivity contribution in [3.8, 4) is 0 Å². The molecule has 0 radical (unpaired) electrons. The fraction of sp³-hybridized carbons (Fsp3) is 0.684. The number of aliphatic imine (C=N–C) groups is 1. The summed E-state index contributed by atoms with van der Waals surface area (Å²) in [6, 6.07) is 4.16. The van der Waals surface area contributed by atoms with Crippen molar-refractivity contribution in [1.29, 1.82) is 0 Å². The van der Waals surface area contributed by atoms with E-state index in [4.69, 9.17) is 14.2 Å². The fourth-order valence-corrected chi connectivity index (χ4v) is 3.80. The van der Waals surface area contributed by atoms with Gasteiger partial charge in [0.2, 0.25) is 5.91 Å². The molecular formula is C19H31IN4O4S. The van der Waals surface area contributed by atoms with Crippen molar-refractivity contribution in [1.82, 2.24) is 15.5 Å². The molecule has 0 aliphatic carbocycles. The molecule has 2 aliphatic rings. The van der Waals surface area contributed by atoms with E-state index in [1.54, 1.807) is 25.4 Å². The summed E-state index contributed by atoms with van der Waals surface area (Å²) in [5, 5.41) is 8.67. The van der Waals surface area contributed by atoms with Crippen LogP contribution in [0, 0.1) is 0 Å². The second-order valence-corrected chi connectivity index (χ2v) is 8.20. The topological polar surface area (TPSA) is 84.4 Å². The Balaban J connectivity index is 0.00000300. The molecule has 164 valence electrons. The van der Waals surface area contributed by atoms with Crippen LogP contribution in [0.1, 0.15) is 17.7 Å². The standard InChI is InChI=1S/C19H30N4O4S.HI/c1-23(2)17(24)13-22-18(20-8-5-16-4-3-11-28-16)21-12-15-14-26-19(27-15)6-9-25-10-7-19;/h3-4,11,15H,5-10,12-14H2,1-2H3,(H2,20,21,22);1H. The Kier molecular flexibility index (Phi) is 10.1. The van der Waals surface area contributed by atoms with E-state index in [2.05, 4.69) is 27.1 Å². The molecular weight excluding hydrogens is 507 g/mol. The van der Waals surface area contributed by atoms with Crippen LogP contribution in [0.4, 0.5) is 0 Å². The number of hydrogen-bond acceptors (Lipinski definition) is 6. The molecule has 2 aliphatic heterocycles. The molecule has 3 heterocycles. The van der Waals surface area contributed by atoms with E-state index in [1.807, 2.05) is 6.07 Å². The molecule has 0 bridgehead atoms. The van der Waals surface area contributed by atoms with E-state index in [0.29, 0.717) is 32.3 Å². The van der Waals surface area contributed by atoms with E-state index in [0.717, 1.165) is 25.8 Å². The normalized spacial score (nSPS) is 20.9. The molecule has 1 aromatic heterocycles. The smallest absolute Gasteiger partial charge is 0.243 e. The molecule has 1 unspecified atom stereocenters. The summed E-state index contributed by atoms with van der Waals surface area (Å²) in [5.74, 6) is 0.0827. The van der Waals surface area contributed by atoms with Gasteiger partial charge in [-0.05, 0) is 17.9 Å². The van der Waals surface area contributed by atoms with Crippen molar-refractivity contribution >= 4 is 47.2 Å². The summed E-state index contributed by atoms with van der Waals surface area (Å²) < 4.78 is 17.5. The maximum atomic E-state index is 11.9. The van der Waals surface area contributed by atoms with Gasteiger partial charge < -0.3 is 29.7 Å². The van der Waals surface area contributed by atoms with Crippen LogP contribution in [-0.2, 0) is 25.4 Å². The van der Waals surface area contributed by atoms with Gasteiger partial charge in [-0.15, -0.1) is 35.3 Å². The molecule has 1 aromatic rings. The van der Waals surface area contributed by atoms with Crippen molar-refractivity contribution < 1.29 is 19.0 Å². The highest BCUT2D eigenvalue weighted by atomic mass is 127. The summed E-state index contributed by atoms with van der Waals surface area (Å²) in [5.41, 5.74) is 0. The van der Waals surface area contributed by atoms with Gasteiger partial charge in [-0.2, -0.15) is 0 Å². The first-order valence-corrected chi connectivity index (χ1v) is 10.6. The Hall–Kier alpha value is -0.950. The highest BCUT2D eigenvalue weighted by molar-refractivity contribution is 14.0. The number of ether oxygens (including phenoxy) is 3. The van der Waals surface area contributed by atoms with Crippen LogP contribution >= 0.6 is 35.3 Å². The molecule has 29 heavy (non-hydrogen) atoms. The van der Waals surface area contributed by atoms with Gasteiger partial charge in [0.1, 0.15) is 12.6 Å². The van der Waals surface area contributed by atoms with Gasteiger partial charge in [0.05, 0.1) is 19.8 Å². The Bertz CT molecular complexity index is 651. The zero-order valence-corrected chi connectivity index (χ0v) is 20.2. The largest absolute Gasteiger partial charge is 0.381 e. The minimum absolute atomic E-state index is 0. The molecule has 2 N–H and O–H groups in total. The number of rotatable bonds is 7. The summed E-state index contributed by atoms with van der Waals surface area (Å²) in [7, 11) is 3.46. The van der Waals surface area contributed by atoms with E-state index in [9.17, 15) is 4.79 Å². The van der Waals surface area contributed by atoms with E-state index in [-0.39, 0.29) is 42.5 Å². The van der Waals surface area contributed by atoms with Crippen LogP contribution in [0.15, 0.2) is 22.5 Å². The maximum Gasteiger partial charge on any atom is 0.243 e. The lowest BCUT2D eigenvalue weighted by Crippen LogP contribution is -2.44. The van der Waals surface area contributed by atoms with Gasteiger partial charge in [0, 0.05) is 44.9 Å². The van der Waals surface area contributed by atoms with Crippen LogP contribution in [0.2, 0.25) is 0 Å². The van der Waals surface area contributed by atoms with E-state index < -0.39 is 5.79 Å². The van der Waals surface area contributed by atoms with Crippen molar-refractivity contribution in [2.75, 3.05) is 53.6 Å². The van der Waals surface area contributed by atoms with Crippen LogP contribution in [0.3, 0.4) is 0 Å². The average molecular weight is 538 g/mol. The predicted molar refractivity (Wildman–Crippen MR) is 124 cm³/mol. The third-order valence-electron chi connectivity index (χ3n) is 4.78. The molecule has 10 heteroatoms. The molecule has 1 amide bonds. The van der Waals surface area contributed by atoms with Crippen molar-refractivity contribution in [2.24, 2.45) is 4.99 Å². The van der Waals surface area contributed by atoms with Crippen LogP contribution in [0.5, 0.6) is 0 Å². The number of thiophene rings is 1. The number of nitrogens with one attached hydrogen (secondary N) is 2. The second-order valence-electron chi connectivity index (χ2n) is 7.16. The highest BCUT2D eigenvalue weighted by Crippen LogP contribution is 2.32. The highest BCUT2D eigenvalue weighted by Gasteiger charge is 2.42. The number of hydrogen-bond donors (Lipinski definition) is 2. The minimum atomic E-state index is -0.491. The first-order valence-electron chi connectivity index (χ1n) is 9.70. The molecule has 0 aromatic carbocycles. The van der Waals surface area contributed by atoms with Gasteiger partial charge in [0.25, 0.3) is 0 Å². The minimum Gasteiger partial charge on any atom is -0.381 e. The Morgan fingerprint density at radius 2 is 2.14 bits per heavy atom.